The van der Waals surface area contributed by atoms with Gasteiger partial charge in [0, 0.05) is 0 Å². The molecule has 0 spiro atoms. The van der Waals surface area contributed by atoms with Crippen molar-refractivity contribution in [1.82, 2.24) is 0 Å². The fourth-order valence-electron chi connectivity index (χ4n) is 1.69. The Labute approximate surface area is 113 Å². The maximum absolute atomic E-state index is 2.41. The van der Waals surface area contributed by atoms with Gasteiger partial charge in [-0.3, -0.25) is 0 Å². The Balaban J connectivity index is 0.000000980. The molecule has 15 heavy (non-hydrogen) atoms. The van der Waals surface area contributed by atoms with Gasteiger partial charge in [-0.1, -0.05) is 0 Å². The molecule has 0 N–H and O–H groups in total. The quantitative estimate of drug-likeness (QED) is 0.658. The van der Waals surface area contributed by atoms with E-state index < -0.39 is 0 Å². The fourth-order valence-corrected chi connectivity index (χ4v) is 3.96. The summed E-state index contributed by atoms with van der Waals surface area (Å²) in [6, 6.07) is 0. The molecule has 0 aromatic heterocycles. The predicted octanol–water partition coefficient (Wildman–Crippen LogP) is 4.38. The van der Waals surface area contributed by atoms with Crippen LogP contribution in [0.4, 0.5) is 0 Å². The van der Waals surface area contributed by atoms with Crippen LogP contribution in [0.5, 0.6) is 0 Å². The van der Waals surface area contributed by atoms with E-state index >= 15 is 0 Å². The Morgan fingerprint density at radius 3 is 2.33 bits per heavy atom. The van der Waals surface area contributed by atoms with Crippen LogP contribution in [0.3, 0.4) is 0 Å². The van der Waals surface area contributed by atoms with Crippen LogP contribution in [0.25, 0.3) is 0 Å². The van der Waals surface area contributed by atoms with Gasteiger partial charge in [0.2, 0.25) is 0 Å². The van der Waals surface area contributed by atoms with Crippen LogP contribution in [-0.4, -0.2) is 0 Å². The standard InChI is InChI=1S/C7H9.C5H5.2ClH.Ti/c1-6-4-3-5-7(6)2;1-2-4-5-3-1;;;/h4H,5H2,1-2H3;1-3H,4H2;2*1H;. The molecule has 82 valence electrons. The molecule has 2 rings (SSSR count). The summed E-state index contributed by atoms with van der Waals surface area (Å²) in [5, 5.41) is 0. The van der Waals surface area contributed by atoms with E-state index in [1.807, 2.05) is 0 Å². The molecule has 0 amide bonds. The van der Waals surface area contributed by atoms with Gasteiger partial charge in [0.15, 0.2) is 0 Å². The first-order chi connectivity index (χ1) is 6.25. The Morgan fingerprint density at radius 1 is 1.13 bits per heavy atom. The van der Waals surface area contributed by atoms with Gasteiger partial charge >= 0.3 is 89.0 Å². The van der Waals surface area contributed by atoms with E-state index in [1.54, 1.807) is 13.3 Å². The zero-order chi connectivity index (χ0) is 9.26. The van der Waals surface area contributed by atoms with Crippen molar-refractivity contribution in [2.24, 2.45) is 0 Å². The first kappa shape index (κ1) is 15.3. The van der Waals surface area contributed by atoms with Gasteiger partial charge in [0.1, 0.15) is 0 Å². The third-order valence-electron chi connectivity index (χ3n) is 2.61. The molecule has 0 aromatic rings. The number of rotatable bonds is 2. The molecule has 0 unspecified atom stereocenters. The van der Waals surface area contributed by atoms with Gasteiger partial charge in [-0.05, 0) is 0 Å². The summed E-state index contributed by atoms with van der Waals surface area (Å²) in [6.45, 7) is 4.49. The number of hydrogen-bond donors (Lipinski definition) is 0. The van der Waals surface area contributed by atoms with Crippen molar-refractivity contribution in [3.05, 3.63) is 43.2 Å². The van der Waals surface area contributed by atoms with Crippen molar-refractivity contribution in [3.8, 4) is 0 Å². The van der Waals surface area contributed by atoms with Crippen LogP contribution < -0.4 is 0 Å². The predicted molar refractivity (Wildman–Crippen MR) is 67.4 cm³/mol. The molecule has 0 atom stereocenters. The fraction of sp³-hybridized carbons (Fsp3) is 0.333. The molecule has 0 heterocycles. The van der Waals surface area contributed by atoms with Crippen LogP contribution in [0, 0.1) is 0 Å². The SMILES string of the molecule is CC1=C(C)C[C]([Ti][C]2=CC=CC2)=C1.Cl.Cl. The third kappa shape index (κ3) is 3.96. The van der Waals surface area contributed by atoms with E-state index in [1.165, 1.54) is 18.4 Å². The second-order valence-corrected chi connectivity index (χ2v) is 6.16. The van der Waals surface area contributed by atoms with Crippen LogP contribution in [0.2, 0.25) is 0 Å². The van der Waals surface area contributed by atoms with Crippen molar-refractivity contribution >= 4 is 24.8 Å². The molecule has 3 heteroatoms. The van der Waals surface area contributed by atoms with E-state index in [-0.39, 0.29) is 44.0 Å². The molecular weight excluding hydrogens is 263 g/mol. The zero-order valence-corrected chi connectivity index (χ0v) is 12.2. The average Bonchev–Trinajstić information content (AvgIpc) is 2.64. The largest absolute Gasteiger partial charge is 0.147 e. The van der Waals surface area contributed by atoms with Gasteiger partial charge in [-0.15, -0.1) is 24.8 Å². The number of allylic oxidation sites excluding steroid dienone is 8. The van der Waals surface area contributed by atoms with E-state index in [4.69, 9.17) is 0 Å². The Bertz CT molecular complexity index is 349. The summed E-state index contributed by atoms with van der Waals surface area (Å²) >= 11 is 0.0450. The summed E-state index contributed by atoms with van der Waals surface area (Å²) in [7, 11) is 0. The van der Waals surface area contributed by atoms with Crippen molar-refractivity contribution in [3.63, 3.8) is 0 Å². The monoisotopic (exact) mass is 278 g/mol. The van der Waals surface area contributed by atoms with Crippen molar-refractivity contribution in [2.75, 3.05) is 0 Å². The molecule has 0 bridgehead atoms. The molecule has 2 aliphatic carbocycles. The van der Waals surface area contributed by atoms with Gasteiger partial charge in [-0.2, -0.15) is 0 Å². The second kappa shape index (κ2) is 6.75. The van der Waals surface area contributed by atoms with Crippen molar-refractivity contribution < 1.29 is 19.2 Å². The summed E-state index contributed by atoms with van der Waals surface area (Å²) in [5.41, 5.74) is 3.08. The maximum atomic E-state index is 2.41. The molecule has 2 aliphatic rings. The smallest absolute Gasteiger partial charge is 0.147 e. The van der Waals surface area contributed by atoms with Gasteiger partial charge in [0.05, 0.1) is 0 Å². The van der Waals surface area contributed by atoms with Crippen LogP contribution in [-0.2, 0) is 19.2 Å². The van der Waals surface area contributed by atoms with Gasteiger partial charge < -0.3 is 0 Å². The van der Waals surface area contributed by atoms with E-state index in [9.17, 15) is 0 Å². The molecule has 0 saturated heterocycles. The minimum Gasteiger partial charge on any atom is -0.147 e. The first-order valence-corrected chi connectivity index (χ1v) is 6.31. The average molecular weight is 279 g/mol. The zero-order valence-electron chi connectivity index (χ0n) is 9.04. The van der Waals surface area contributed by atoms with Crippen LogP contribution >= 0.6 is 24.8 Å². The second-order valence-electron chi connectivity index (χ2n) is 3.76. The Hall–Kier alpha value is 0.254. The van der Waals surface area contributed by atoms with Crippen molar-refractivity contribution in [2.45, 2.75) is 26.7 Å². The molecule has 0 aliphatic heterocycles. The first-order valence-electron chi connectivity index (χ1n) is 4.75. The minimum absolute atomic E-state index is 0. The summed E-state index contributed by atoms with van der Waals surface area (Å²) in [5.74, 6) is 0. The molecule has 0 radical (unpaired) electrons. The van der Waals surface area contributed by atoms with Crippen molar-refractivity contribution in [1.29, 1.82) is 0 Å². The van der Waals surface area contributed by atoms with E-state index in [0.29, 0.717) is 0 Å². The van der Waals surface area contributed by atoms with Crippen LogP contribution in [0.15, 0.2) is 43.2 Å². The van der Waals surface area contributed by atoms with E-state index in [0.717, 1.165) is 0 Å². The van der Waals surface area contributed by atoms with Gasteiger partial charge in [0.25, 0.3) is 0 Å². The molecule has 0 saturated carbocycles. The minimum atomic E-state index is 0. The molecule has 0 nitrogen and oxygen atoms in total. The van der Waals surface area contributed by atoms with Gasteiger partial charge in [-0.25, -0.2) is 0 Å². The summed E-state index contributed by atoms with van der Waals surface area (Å²) < 4.78 is 3.40. The topological polar surface area (TPSA) is 0 Å². The molecule has 0 fully saturated rings. The Morgan fingerprint density at radius 2 is 1.87 bits per heavy atom. The number of halogens is 2. The molecule has 0 aromatic carbocycles. The summed E-state index contributed by atoms with van der Waals surface area (Å²) in [4.78, 5) is 0. The molecular formula is C12H16Cl2Ti. The number of hydrogen-bond acceptors (Lipinski definition) is 0. The normalized spacial score (nSPS) is 18.0. The third-order valence-corrected chi connectivity index (χ3v) is 4.70. The maximum Gasteiger partial charge on any atom is -0.147 e. The van der Waals surface area contributed by atoms with Crippen LogP contribution in [0.1, 0.15) is 26.7 Å². The van der Waals surface area contributed by atoms with E-state index in [2.05, 4.69) is 38.2 Å². The Kier molecular flexibility index (Phi) is 6.87. The summed E-state index contributed by atoms with van der Waals surface area (Å²) in [6.07, 6.45) is 11.7.